The number of fused-ring (bicyclic) bond motifs is 1. The van der Waals surface area contributed by atoms with Crippen molar-refractivity contribution >= 4 is 16.8 Å². The summed E-state index contributed by atoms with van der Waals surface area (Å²) in [7, 11) is 0. The molecule has 1 fully saturated rings. The van der Waals surface area contributed by atoms with E-state index in [-0.39, 0.29) is 17.1 Å². The fraction of sp³-hybridized carbons (Fsp3) is 0.242. The first kappa shape index (κ1) is 25.0. The predicted octanol–water partition coefficient (Wildman–Crippen LogP) is 6.46. The molecule has 2 aromatic heterocycles. The van der Waals surface area contributed by atoms with Crippen LogP contribution in [0.4, 0.5) is 4.39 Å². The number of hydrogen-bond acceptors (Lipinski definition) is 3. The number of nitrogens with zero attached hydrogens (tertiary/aromatic N) is 4. The topological polar surface area (TPSA) is 51.0 Å². The van der Waals surface area contributed by atoms with Gasteiger partial charge >= 0.3 is 0 Å². The zero-order chi connectivity index (χ0) is 27.0. The van der Waals surface area contributed by atoms with Gasteiger partial charge in [-0.3, -0.25) is 9.78 Å². The van der Waals surface area contributed by atoms with Gasteiger partial charge in [0.25, 0.3) is 5.91 Å². The minimum absolute atomic E-state index is 0.0110. The van der Waals surface area contributed by atoms with Gasteiger partial charge in [0.1, 0.15) is 11.5 Å². The Kier molecular flexibility index (Phi) is 6.47. The number of aryl methyl sites for hydroxylation is 2. The Balaban J connectivity index is 1.40. The molecule has 3 aromatic carbocycles. The van der Waals surface area contributed by atoms with Crippen molar-refractivity contribution in [3.63, 3.8) is 0 Å². The van der Waals surface area contributed by atoms with Crippen LogP contribution in [0.3, 0.4) is 0 Å². The maximum absolute atomic E-state index is 13.6. The van der Waals surface area contributed by atoms with Crippen LogP contribution < -0.4 is 0 Å². The van der Waals surface area contributed by atoms with Gasteiger partial charge in [0, 0.05) is 30.1 Å². The molecule has 39 heavy (non-hydrogen) atoms. The molecule has 1 aliphatic heterocycles. The zero-order valence-corrected chi connectivity index (χ0v) is 22.3. The third kappa shape index (κ3) is 4.71. The smallest absolute Gasteiger partial charge is 0.272 e. The molecule has 196 valence electrons. The van der Waals surface area contributed by atoms with Gasteiger partial charge in [-0.05, 0) is 97.0 Å². The number of carbonyl (C=O) groups is 1. The fourth-order valence-electron chi connectivity index (χ4n) is 6.00. The number of halogens is 1. The summed E-state index contributed by atoms with van der Waals surface area (Å²) < 4.78 is 15.4. The van der Waals surface area contributed by atoms with Crippen molar-refractivity contribution in [3.8, 4) is 5.69 Å². The molecule has 6 rings (SSSR count). The Morgan fingerprint density at radius 3 is 2.56 bits per heavy atom. The molecule has 0 radical (unpaired) electrons. The van der Waals surface area contributed by atoms with Crippen molar-refractivity contribution in [1.29, 1.82) is 0 Å². The first-order valence-corrected chi connectivity index (χ1v) is 13.5. The molecule has 0 spiro atoms. The van der Waals surface area contributed by atoms with Gasteiger partial charge in [-0.1, -0.05) is 37.3 Å². The third-order valence-electron chi connectivity index (χ3n) is 8.03. The van der Waals surface area contributed by atoms with E-state index in [1.54, 1.807) is 18.3 Å². The number of amides is 1. The second-order valence-electron chi connectivity index (χ2n) is 10.6. The molecule has 1 unspecified atom stereocenters. The lowest BCUT2D eigenvalue weighted by Crippen LogP contribution is -2.37. The van der Waals surface area contributed by atoms with Crippen LogP contribution in [0, 0.1) is 12.7 Å². The molecule has 6 heteroatoms. The van der Waals surface area contributed by atoms with E-state index in [1.807, 2.05) is 34.0 Å². The Bertz CT molecular complexity index is 1640. The highest BCUT2D eigenvalue weighted by Gasteiger charge is 2.43. The number of pyridine rings is 1. The molecule has 5 aromatic rings. The third-order valence-corrected chi connectivity index (χ3v) is 8.03. The van der Waals surface area contributed by atoms with Crippen molar-refractivity contribution in [2.24, 2.45) is 0 Å². The highest BCUT2D eigenvalue weighted by atomic mass is 19.1. The Labute approximate surface area is 227 Å². The second kappa shape index (κ2) is 10.1. The molecular formula is C33H31FN4O. The second-order valence-corrected chi connectivity index (χ2v) is 10.6. The van der Waals surface area contributed by atoms with Gasteiger partial charge in [-0.15, -0.1) is 0 Å². The van der Waals surface area contributed by atoms with E-state index in [1.165, 1.54) is 23.3 Å². The monoisotopic (exact) mass is 518 g/mol. The quantitative estimate of drug-likeness (QED) is 0.259. The molecule has 0 N–H and O–H groups in total. The first-order valence-electron chi connectivity index (χ1n) is 13.5. The molecule has 5 nitrogen and oxygen atoms in total. The first-order chi connectivity index (χ1) is 19.0. The highest BCUT2D eigenvalue weighted by molar-refractivity contribution is 5.93. The summed E-state index contributed by atoms with van der Waals surface area (Å²) in [5, 5.41) is 5.65. The molecule has 1 atom stereocenters. The van der Waals surface area contributed by atoms with E-state index in [4.69, 9.17) is 0 Å². The van der Waals surface area contributed by atoms with Crippen molar-refractivity contribution < 1.29 is 9.18 Å². The van der Waals surface area contributed by atoms with Gasteiger partial charge in [0.2, 0.25) is 0 Å². The van der Waals surface area contributed by atoms with Crippen molar-refractivity contribution in [2.45, 2.75) is 38.5 Å². The minimum Gasteiger partial charge on any atom is -0.336 e. The van der Waals surface area contributed by atoms with E-state index in [0.29, 0.717) is 18.8 Å². The number of benzene rings is 3. The van der Waals surface area contributed by atoms with Crippen LogP contribution in [0.2, 0.25) is 0 Å². The van der Waals surface area contributed by atoms with E-state index in [9.17, 15) is 9.18 Å². The van der Waals surface area contributed by atoms with Crippen LogP contribution in [0.1, 0.15) is 46.1 Å². The van der Waals surface area contributed by atoms with E-state index >= 15 is 0 Å². The molecule has 0 bridgehead atoms. The van der Waals surface area contributed by atoms with E-state index < -0.39 is 0 Å². The van der Waals surface area contributed by atoms with Crippen LogP contribution in [0.25, 0.3) is 16.6 Å². The summed E-state index contributed by atoms with van der Waals surface area (Å²) in [6.45, 7) is 5.52. The van der Waals surface area contributed by atoms with Gasteiger partial charge in [0.15, 0.2) is 0 Å². The van der Waals surface area contributed by atoms with Gasteiger partial charge in [-0.25, -0.2) is 9.07 Å². The predicted molar refractivity (Wildman–Crippen MR) is 152 cm³/mol. The van der Waals surface area contributed by atoms with Crippen LogP contribution in [0.5, 0.6) is 0 Å². The van der Waals surface area contributed by atoms with Crippen LogP contribution >= 0.6 is 0 Å². The molecule has 0 saturated carbocycles. The molecule has 1 amide bonds. The summed E-state index contributed by atoms with van der Waals surface area (Å²) in [4.78, 5) is 20.0. The Morgan fingerprint density at radius 2 is 1.79 bits per heavy atom. The largest absolute Gasteiger partial charge is 0.336 e. The zero-order valence-electron chi connectivity index (χ0n) is 22.3. The van der Waals surface area contributed by atoms with Gasteiger partial charge < -0.3 is 4.90 Å². The van der Waals surface area contributed by atoms with Crippen molar-refractivity contribution in [3.05, 3.63) is 125 Å². The standard InChI is InChI=1S/C33H31FN4O/c1-3-24-13-15-35-30(18-24)32(39)37-16-14-33(22-37,20-25-7-5-4-6-8-25)29-19-26-21-36-38(31(26)17-23(29)2)28-11-9-27(34)10-12-28/h4-13,15,17-19,21H,3,14,16,20,22H2,1-2H3. The average Bonchev–Trinajstić information content (AvgIpc) is 3.58. The van der Waals surface area contributed by atoms with Crippen LogP contribution in [-0.2, 0) is 18.3 Å². The Hall–Kier alpha value is -4.32. The molecule has 1 aliphatic rings. The maximum atomic E-state index is 13.6. The summed E-state index contributed by atoms with van der Waals surface area (Å²) in [5.41, 5.74) is 6.82. The molecular weight excluding hydrogens is 487 g/mol. The van der Waals surface area contributed by atoms with Gasteiger partial charge in [-0.2, -0.15) is 5.10 Å². The molecule has 1 saturated heterocycles. The van der Waals surface area contributed by atoms with E-state index in [2.05, 4.69) is 60.3 Å². The van der Waals surface area contributed by atoms with Gasteiger partial charge in [0.05, 0.1) is 17.4 Å². The Morgan fingerprint density at radius 1 is 1.00 bits per heavy atom. The number of likely N-dealkylation sites (tertiary alicyclic amines) is 1. The lowest BCUT2D eigenvalue weighted by molar-refractivity contribution is 0.0777. The number of aromatic nitrogens is 3. The number of hydrogen-bond donors (Lipinski definition) is 0. The highest BCUT2D eigenvalue weighted by Crippen LogP contribution is 2.41. The average molecular weight is 519 g/mol. The molecule has 0 aliphatic carbocycles. The van der Waals surface area contributed by atoms with Crippen LogP contribution in [-0.4, -0.2) is 38.7 Å². The fourth-order valence-corrected chi connectivity index (χ4v) is 6.00. The lowest BCUT2D eigenvalue weighted by atomic mass is 9.73. The number of carbonyl (C=O) groups excluding carboxylic acids is 1. The SMILES string of the molecule is CCc1ccnc(C(=O)N2CCC(Cc3ccccc3)(c3cc4cnn(-c5ccc(F)cc5)c4cc3C)C2)c1. The minimum atomic E-state index is -0.270. The van der Waals surface area contributed by atoms with Crippen LogP contribution in [0.15, 0.2) is 91.3 Å². The summed E-state index contributed by atoms with van der Waals surface area (Å²) >= 11 is 0. The van der Waals surface area contributed by atoms with Crippen molar-refractivity contribution in [1.82, 2.24) is 19.7 Å². The number of rotatable bonds is 6. The lowest BCUT2D eigenvalue weighted by Gasteiger charge is -2.32. The summed E-state index contributed by atoms with van der Waals surface area (Å²) in [5.74, 6) is -0.281. The summed E-state index contributed by atoms with van der Waals surface area (Å²) in [6.07, 6.45) is 6.16. The van der Waals surface area contributed by atoms with E-state index in [0.717, 1.165) is 47.0 Å². The molecule has 3 heterocycles. The normalized spacial score (nSPS) is 17.2. The maximum Gasteiger partial charge on any atom is 0.272 e. The van der Waals surface area contributed by atoms with Crippen molar-refractivity contribution in [2.75, 3.05) is 13.1 Å². The summed E-state index contributed by atoms with van der Waals surface area (Å²) in [6, 6.07) is 25.2.